The van der Waals surface area contributed by atoms with Crippen LogP contribution in [0.25, 0.3) is 0 Å². The second kappa shape index (κ2) is 2.46. The zero-order valence-corrected chi connectivity index (χ0v) is 6.27. The minimum absolute atomic E-state index is 1.06. The molecule has 0 N–H and O–H groups in total. The molecule has 0 aromatic rings. The number of nitrogens with zero attached hydrogens (tertiary/aromatic N) is 1. The Hall–Kier alpha value is -0.760. The van der Waals surface area contributed by atoms with Crippen LogP contribution in [0.3, 0.4) is 0 Å². The van der Waals surface area contributed by atoms with Crippen molar-refractivity contribution in [2.45, 2.75) is 0 Å². The van der Waals surface area contributed by atoms with Crippen molar-refractivity contribution in [1.82, 2.24) is 0 Å². The van der Waals surface area contributed by atoms with Crippen molar-refractivity contribution in [1.29, 1.82) is 0 Å². The average molecular weight is 149 g/mol. The molecule has 0 aromatic heterocycles. The maximum atomic E-state index is 4.19. The van der Waals surface area contributed by atoms with Crippen molar-refractivity contribution in [3.05, 3.63) is 35.4 Å². The normalized spacial score (nSPS) is 21.6. The van der Waals surface area contributed by atoms with Gasteiger partial charge in [0.1, 0.15) is 0 Å². The quantitative estimate of drug-likeness (QED) is 0.514. The van der Waals surface area contributed by atoms with Crippen molar-refractivity contribution in [3.63, 3.8) is 0 Å². The maximum absolute atomic E-state index is 4.19. The summed E-state index contributed by atoms with van der Waals surface area (Å²) in [5, 5.41) is 2.09. The van der Waals surface area contributed by atoms with Crippen LogP contribution in [0.15, 0.2) is 40.4 Å². The minimum atomic E-state index is 1.06. The molecule has 50 valence electrons. The lowest BCUT2D eigenvalue weighted by Crippen LogP contribution is -1.89. The van der Waals surface area contributed by atoms with Crippen LogP contribution in [-0.2, 0) is 0 Å². The third-order valence-corrected chi connectivity index (χ3v) is 2.17. The fourth-order valence-electron chi connectivity index (χ4n) is 0.976. The molecule has 0 aromatic carbocycles. The van der Waals surface area contributed by atoms with Crippen molar-refractivity contribution in [3.8, 4) is 0 Å². The lowest BCUT2D eigenvalue weighted by Gasteiger charge is -1.89. The fourth-order valence-corrected chi connectivity index (χ4v) is 1.59. The molecule has 0 fully saturated rings. The number of allylic oxidation sites excluding steroid dienone is 3. The van der Waals surface area contributed by atoms with Crippen LogP contribution in [0, 0.1) is 0 Å². The van der Waals surface area contributed by atoms with Gasteiger partial charge in [0.05, 0.1) is 5.71 Å². The third-order valence-electron chi connectivity index (χ3n) is 1.49. The van der Waals surface area contributed by atoms with E-state index in [9.17, 15) is 0 Å². The number of hydrogen-bond donors (Lipinski definition) is 0. The van der Waals surface area contributed by atoms with Crippen LogP contribution in [0.2, 0.25) is 0 Å². The molecular formula is C8H7NS. The van der Waals surface area contributed by atoms with E-state index in [2.05, 4.69) is 22.6 Å². The molecule has 0 radical (unpaired) electrons. The van der Waals surface area contributed by atoms with Crippen molar-refractivity contribution in [2.24, 2.45) is 4.99 Å². The standard InChI is InChI=1S/C8H7NS/c1-4-9-8-3-6-10-5-2-7(1)8/h1-4,6H,5H2. The van der Waals surface area contributed by atoms with Gasteiger partial charge in [0.2, 0.25) is 0 Å². The van der Waals surface area contributed by atoms with Crippen LogP contribution in [0.1, 0.15) is 0 Å². The Morgan fingerprint density at radius 1 is 1.40 bits per heavy atom. The van der Waals surface area contributed by atoms with Crippen molar-refractivity contribution < 1.29 is 0 Å². The van der Waals surface area contributed by atoms with E-state index in [0.29, 0.717) is 0 Å². The van der Waals surface area contributed by atoms with E-state index < -0.39 is 0 Å². The maximum Gasteiger partial charge on any atom is 0.0704 e. The molecule has 1 nitrogen and oxygen atoms in total. The Labute approximate surface area is 64.2 Å². The summed E-state index contributed by atoms with van der Waals surface area (Å²) in [5.74, 6) is 1.06. The van der Waals surface area contributed by atoms with Crippen molar-refractivity contribution in [2.75, 3.05) is 5.75 Å². The number of aliphatic imine (C=N–C) groups is 1. The SMILES string of the molecule is C1=CC2=CCSC=CC2=N1. The molecule has 10 heavy (non-hydrogen) atoms. The fraction of sp³-hybridized carbons (Fsp3) is 0.125. The van der Waals surface area contributed by atoms with Gasteiger partial charge >= 0.3 is 0 Å². The molecule has 0 bridgehead atoms. The molecule has 0 amide bonds. The molecular weight excluding hydrogens is 142 g/mol. The highest BCUT2D eigenvalue weighted by molar-refractivity contribution is 8.02. The Kier molecular flexibility index (Phi) is 1.47. The summed E-state index contributed by atoms with van der Waals surface area (Å²) in [5.41, 5.74) is 2.37. The predicted molar refractivity (Wildman–Crippen MR) is 46.3 cm³/mol. The van der Waals surface area contributed by atoms with Crippen LogP contribution in [-0.4, -0.2) is 11.5 Å². The molecule has 0 atom stereocenters. The number of fused-ring (bicyclic) bond motifs is 1. The van der Waals surface area contributed by atoms with Gasteiger partial charge < -0.3 is 0 Å². The molecule has 0 saturated heterocycles. The minimum Gasteiger partial charge on any atom is -0.256 e. The van der Waals surface area contributed by atoms with Gasteiger partial charge in [0, 0.05) is 12.0 Å². The summed E-state index contributed by atoms with van der Waals surface area (Å²) < 4.78 is 0. The van der Waals surface area contributed by atoms with Gasteiger partial charge in [-0.2, -0.15) is 0 Å². The highest BCUT2D eigenvalue weighted by Gasteiger charge is 2.05. The zero-order valence-electron chi connectivity index (χ0n) is 5.45. The second-order valence-electron chi connectivity index (χ2n) is 2.13. The second-order valence-corrected chi connectivity index (χ2v) is 3.06. The van der Waals surface area contributed by atoms with Crippen LogP contribution < -0.4 is 0 Å². The van der Waals surface area contributed by atoms with Gasteiger partial charge in [-0.3, -0.25) is 4.99 Å². The number of rotatable bonds is 0. The summed E-state index contributed by atoms with van der Waals surface area (Å²) in [6.45, 7) is 0. The summed E-state index contributed by atoms with van der Waals surface area (Å²) in [7, 11) is 0. The highest BCUT2D eigenvalue weighted by atomic mass is 32.2. The van der Waals surface area contributed by atoms with E-state index in [-0.39, 0.29) is 0 Å². The summed E-state index contributed by atoms with van der Waals surface area (Å²) >= 11 is 1.80. The zero-order chi connectivity index (χ0) is 6.81. The van der Waals surface area contributed by atoms with Crippen LogP contribution in [0.5, 0.6) is 0 Å². The molecule has 0 spiro atoms. The molecule has 2 heteroatoms. The molecule has 2 heterocycles. The summed E-state index contributed by atoms with van der Waals surface area (Å²) in [6.07, 6.45) is 8.16. The Bertz CT molecular complexity index is 258. The Balaban J connectivity index is 2.40. The Morgan fingerprint density at radius 3 is 3.40 bits per heavy atom. The van der Waals surface area contributed by atoms with Crippen LogP contribution >= 0.6 is 11.8 Å². The predicted octanol–water partition coefficient (Wildman–Crippen LogP) is 2.14. The van der Waals surface area contributed by atoms with E-state index in [4.69, 9.17) is 0 Å². The Morgan fingerprint density at radius 2 is 2.40 bits per heavy atom. The smallest absolute Gasteiger partial charge is 0.0704 e. The van der Waals surface area contributed by atoms with Gasteiger partial charge in [0.25, 0.3) is 0 Å². The lowest BCUT2D eigenvalue weighted by atomic mass is 10.2. The third kappa shape index (κ3) is 0.948. The molecule has 0 unspecified atom stereocenters. The van der Waals surface area contributed by atoms with Gasteiger partial charge in [-0.05, 0) is 23.1 Å². The van der Waals surface area contributed by atoms with E-state index in [1.807, 2.05) is 12.3 Å². The van der Waals surface area contributed by atoms with E-state index in [0.717, 1.165) is 11.5 Å². The summed E-state index contributed by atoms with van der Waals surface area (Å²) in [4.78, 5) is 4.19. The summed E-state index contributed by atoms with van der Waals surface area (Å²) in [6, 6.07) is 0. The first kappa shape index (κ1) is 5.98. The first-order valence-electron chi connectivity index (χ1n) is 3.20. The molecule has 0 saturated carbocycles. The monoisotopic (exact) mass is 149 g/mol. The van der Waals surface area contributed by atoms with Gasteiger partial charge in [0.15, 0.2) is 0 Å². The highest BCUT2D eigenvalue weighted by Crippen LogP contribution is 2.17. The van der Waals surface area contributed by atoms with Gasteiger partial charge in [-0.1, -0.05) is 6.08 Å². The molecule has 2 rings (SSSR count). The van der Waals surface area contributed by atoms with Crippen molar-refractivity contribution >= 4 is 17.5 Å². The van der Waals surface area contributed by atoms with Gasteiger partial charge in [-0.15, -0.1) is 11.8 Å². The van der Waals surface area contributed by atoms with E-state index >= 15 is 0 Å². The molecule has 0 aliphatic carbocycles. The number of thioether (sulfide) groups is 1. The largest absolute Gasteiger partial charge is 0.256 e. The molecule has 2 aliphatic rings. The van der Waals surface area contributed by atoms with Gasteiger partial charge in [-0.25, -0.2) is 0 Å². The van der Waals surface area contributed by atoms with E-state index in [1.165, 1.54) is 5.57 Å². The number of hydrogen-bond acceptors (Lipinski definition) is 2. The van der Waals surface area contributed by atoms with E-state index in [1.54, 1.807) is 11.8 Å². The lowest BCUT2D eigenvalue weighted by molar-refractivity contribution is 1.63. The topological polar surface area (TPSA) is 12.4 Å². The first-order chi connectivity index (χ1) is 4.97. The molecule has 2 aliphatic heterocycles. The first-order valence-corrected chi connectivity index (χ1v) is 4.25. The average Bonchev–Trinajstić information content (AvgIpc) is 2.28. The van der Waals surface area contributed by atoms with Crippen LogP contribution in [0.4, 0.5) is 0 Å².